The Balaban J connectivity index is 2.34. The van der Waals surface area contributed by atoms with Crippen molar-refractivity contribution in [1.82, 2.24) is 0 Å². The number of benzene rings is 2. The average molecular weight is 261 g/mol. The van der Waals surface area contributed by atoms with Crippen molar-refractivity contribution in [2.24, 2.45) is 0 Å². The summed E-state index contributed by atoms with van der Waals surface area (Å²) in [4.78, 5) is 0.323. The highest BCUT2D eigenvalue weighted by molar-refractivity contribution is 7.90. The van der Waals surface area contributed by atoms with E-state index in [0.717, 1.165) is 11.1 Å². The van der Waals surface area contributed by atoms with Gasteiger partial charge in [-0.25, -0.2) is 8.42 Å². The van der Waals surface area contributed by atoms with Crippen LogP contribution in [0.1, 0.15) is 0 Å². The van der Waals surface area contributed by atoms with Gasteiger partial charge in [0.05, 0.1) is 12.0 Å². The molecule has 0 spiro atoms. The summed E-state index contributed by atoms with van der Waals surface area (Å²) in [6.07, 6.45) is 1.20. The van der Waals surface area contributed by atoms with Crippen molar-refractivity contribution < 1.29 is 13.2 Å². The zero-order valence-corrected chi connectivity index (χ0v) is 11.0. The second-order valence-electron chi connectivity index (χ2n) is 3.94. The van der Waals surface area contributed by atoms with Gasteiger partial charge in [0.1, 0.15) is 5.75 Å². The summed E-state index contributed by atoms with van der Waals surface area (Å²) in [5.41, 5.74) is 1.91. The number of ether oxygens (including phenoxy) is 1. The predicted molar refractivity (Wildman–Crippen MR) is 70.4 cm³/mol. The number of rotatable bonds is 3. The highest BCUT2D eigenvalue weighted by atomic mass is 32.2. The van der Waals surface area contributed by atoms with Gasteiger partial charge in [0.2, 0.25) is 0 Å². The lowest BCUT2D eigenvalue weighted by Gasteiger charge is -2.04. The third kappa shape index (κ3) is 2.71. The quantitative estimate of drug-likeness (QED) is 0.853. The van der Waals surface area contributed by atoms with Crippen LogP contribution in [0.15, 0.2) is 47.4 Å². The van der Waals surface area contributed by atoms with Crippen molar-refractivity contribution in [1.29, 1.82) is 0 Å². The van der Waals surface area contributed by atoms with E-state index in [1.807, 2.05) is 18.2 Å². The number of sulfone groups is 1. The molecule has 0 amide bonds. The highest BCUT2D eigenvalue weighted by Crippen LogP contribution is 2.23. The first-order valence-electron chi connectivity index (χ1n) is 5.37. The third-order valence-electron chi connectivity index (χ3n) is 2.62. The Morgan fingerprint density at radius 2 is 1.61 bits per heavy atom. The largest absolute Gasteiger partial charge is 0.496 e. The monoisotopic (exact) mass is 261 g/mol. The first kappa shape index (κ1) is 12.6. The second kappa shape index (κ2) is 4.82. The molecule has 0 aliphatic rings. The molecule has 18 heavy (non-hydrogen) atoms. The molecule has 3 nitrogen and oxygen atoms in total. The molecular formula is C14H13O3S. The summed E-state index contributed by atoms with van der Waals surface area (Å²) >= 11 is 0. The maximum Gasteiger partial charge on any atom is 0.175 e. The Hall–Kier alpha value is -1.81. The maximum atomic E-state index is 11.3. The molecule has 93 valence electrons. The van der Waals surface area contributed by atoms with Gasteiger partial charge in [0.15, 0.2) is 9.84 Å². The fraction of sp³-hybridized carbons (Fsp3) is 0.143. The van der Waals surface area contributed by atoms with E-state index in [0.29, 0.717) is 10.6 Å². The van der Waals surface area contributed by atoms with Crippen LogP contribution in [0.5, 0.6) is 5.75 Å². The van der Waals surface area contributed by atoms with Gasteiger partial charge in [-0.3, -0.25) is 0 Å². The lowest BCUT2D eigenvalue weighted by atomic mass is 10.1. The van der Waals surface area contributed by atoms with Crippen LogP contribution in [0, 0.1) is 6.07 Å². The first-order valence-corrected chi connectivity index (χ1v) is 7.26. The minimum atomic E-state index is -3.14. The number of hydrogen-bond acceptors (Lipinski definition) is 3. The average Bonchev–Trinajstić information content (AvgIpc) is 2.38. The van der Waals surface area contributed by atoms with Gasteiger partial charge in [-0.1, -0.05) is 18.2 Å². The second-order valence-corrected chi connectivity index (χ2v) is 5.96. The first-order chi connectivity index (χ1) is 8.50. The lowest BCUT2D eigenvalue weighted by molar-refractivity contribution is 0.414. The van der Waals surface area contributed by atoms with E-state index in [1.165, 1.54) is 6.26 Å². The summed E-state index contributed by atoms with van der Waals surface area (Å²) in [7, 11) is -1.55. The summed E-state index contributed by atoms with van der Waals surface area (Å²) in [6, 6.07) is 15.3. The summed E-state index contributed by atoms with van der Waals surface area (Å²) in [5.74, 6) is 0.673. The maximum absolute atomic E-state index is 11.3. The molecule has 0 saturated carbocycles. The van der Waals surface area contributed by atoms with Crippen molar-refractivity contribution in [2.75, 3.05) is 13.4 Å². The third-order valence-corrected chi connectivity index (χ3v) is 3.75. The minimum Gasteiger partial charge on any atom is -0.496 e. The molecule has 0 aliphatic carbocycles. The van der Waals surface area contributed by atoms with E-state index < -0.39 is 9.84 Å². The molecular weight excluding hydrogens is 248 g/mol. The molecule has 1 radical (unpaired) electrons. The Morgan fingerprint density at radius 1 is 1.00 bits per heavy atom. The van der Waals surface area contributed by atoms with Gasteiger partial charge in [0.25, 0.3) is 0 Å². The number of hydrogen-bond donors (Lipinski definition) is 0. The van der Waals surface area contributed by atoms with Gasteiger partial charge in [0, 0.05) is 12.3 Å². The van der Waals surface area contributed by atoms with E-state index >= 15 is 0 Å². The molecule has 2 aromatic rings. The van der Waals surface area contributed by atoms with Gasteiger partial charge >= 0.3 is 0 Å². The normalized spacial score (nSPS) is 11.2. The van der Waals surface area contributed by atoms with Crippen LogP contribution in [0.2, 0.25) is 0 Å². The molecule has 0 aromatic heterocycles. The molecule has 0 heterocycles. The van der Waals surface area contributed by atoms with Gasteiger partial charge in [-0.05, 0) is 35.4 Å². The fourth-order valence-electron chi connectivity index (χ4n) is 1.61. The predicted octanol–water partition coefficient (Wildman–Crippen LogP) is 2.57. The lowest BCUT2D eigenvalue weighted by Crippen LogP contribution is -1.96. The zero-order valence-electron chi connectivity index (χ0n) is 10.2. The molecule has 0 unspecified atom stereocenters. The standard InChI is InChI=1S/C14H13O3S/c1-17-13-7-3-11(4-8-13)12-5-9-14(10-6-12)18(2,15)16/h3-7,9-10H,1-2H3. The van der Waals surface area contributed by atoms with E-state index in [1.54, 1.807) is 31.4 Å². The van der Waals surface area contributed by atoms with Crippen LogP contribution >= 0.6 is 0 Å². The van der Waals surface area contributed by atoms with Crippen molar-refractivity contribution in [3.8, 4) is 16.9 Å². The van der Waals surface area contributed by atoms with Gasteiger partial charge < -0.3 is 4.74 Å². The van der Waals surface area contributed by atoms with E-state index in [-0.39, 0.29) is 0 Å². The smallest absolute Gasteiger partial charge is 0.175 e. The van der Waals surface area contributed by atoms with Crippen LogP contribution in [0.25, 0.3) is 11.1 Å². The Labute approximate surface area is 107 Å². The Morgan fingerprint density at radius 3 is 2.06 bits per heavy atom. The van der Waals surface area contributed by atoms with Crippen LogP contribution in [-0.4, -0.2) is 21.8 Å². The molecule has 2 aromatic carbocycles. The van der Waals surface area contributed by atoms with Crippen LogP contribution in [-0.2, 0) is 9.84 Å². The van der Waals surface area contributed by atoms with Crippen molar-refractivity contribution >= 4 is 9.84 Å². The summed E-state index contributed by atoms with van der Waals surface area (Å²) < 4.78 is 27.7. The van der Waals surface area contributed by atoms with Crippen molar-refractivity contribution in [3.05, 3.63) is 48.5 Å². The summed E-state index contributed by atoms with van der Waals surface area (Å²) in [5, 5.41) is 0. The highest BCUT2D eigenvalue weighted by Gasteiger charge is 2.06. The van der Waals surface area contributed by atoms with Gasteiger partial charge in [-0.2, -0.15) is 0 Å². The van der Waals surface area contributed by atoms with Crippen LogP contribution in [0.3, 0.4) is 0 Å². The molecule has 0 atom stereocenters. The Kier molecular flexibility index (Phi) is 3.39. The number of methoxy groups -OCH3 is 1. The van der Waals surface area contributed by atoms with E-state index in [9.17, 15) is 8.42 Å². The molecule has 0 saturated heterocycles. The topological polar surface area (TPSA) is 43.4 Å². The molecule has 4 heteroatoms. The molecule has 0 aliphatic heterocycles. The molecule has 0 fully saturated rings. The van der Waals surface area contributed by atoms with E-state index in [4.69, 9.17) is 4.74 Å². The van der Waals surface area contributed by atoms with Crippen molar-refractivity contribution in [3.63, 3.8) is 0 Å². The molecule has 0 bridgehead atoms. The van der Waals surface area contributed by atoms with E-state index in [2.05, 4.69) is 6.07 Å². The van der Waals surface area contributed by atoms with Crippen LogP contribution < -0.4 is 4.74 Å². The van der Waals surface area contributed by atoms with Gasteiger partial charge in [-0.15, -0.1) is 0 Å². The zero-order chi connectivity index (χ0) is 13.2. The SMILES string of the molecule is COc1[c]cc(-c2ccc(S(C)(=O)=O)cc2)cc1. The molecule has 0 N–H and O–H groups in total. The van der Waals surface area contributed by atoms with Crippen LogP contribution in [0.4, 0.5) is 0 Å². The minimum absolute atomic E-state index is 0.323. The van der Waals surface area contributed by atoms with Crippen molar-refractivity contribution in [2.45, 2.75) is 4.90 Å². The molecule has 2 rings (SSSR count). The Bertz CT molecular complexity index is 626. The fourth-order valence-corrected chi connectivity index (χ4v) is 2.24. The summed E-state index contributed by atoms with van der Waals surface area (Å²) in [6.45, 7) is 0.